The maximum atomic E-state index is 13.6. The number of nitriles is 1. The third-order valence-electron chi connectivity index (χ3n) is 4.03. The molecule has 0 aliphatic heterocycles. The number of nitrogens with zero attached hydrogens (tertiary/aromatic N) is 1. The molecule has 0 heterocycles. The van der Waals surface area contributed by atoms with Crippen LogP contribution in [0.25, 0.3) is 11.6 Å². The van der Waals surface area contributed by atoms with Gasteiger partial charge < -0.3 is 10.1 Å². The number of anilines is 1. The summed E-state index contributed by atoms with van der Waals surface area (Å²) in [5.74, 6) is -0.737. The van der Waals surface area contributed by atoms with Gasteiger partial charge in [-0.25, -0.2) is 4.39 Å². The van der Waals surface area contributed by atoms with Crippen molar-refractivity contribution in [3.05, 3.63) is 93.2 Å². The second-order valence-electron chi connectivity index (χ2n) is 6.19. The van der Waals surface area contributed by atoms with E-state index in [1.54, 1.807) is 30.3 Å². The SMILES string of the molecule is N#C/C(=C/c1ccc(OCC(=O)Nc2ccccc2F)c(Cl)c1)c1cccc(Br)c1. The summed E-state index contributed by atoms with van der Waals surface area (Å²) in [6.45, 7) is -0.329. The highest BCUT2D eigenvalue weighted by atomic mass is 79.9. The Kier molecular flexibility index (Phi) is 7.23. The van der Waals surface area contributed by atoms with Crippen LogP contribution in [0.1, 0.15) is 11.1 Å². The Morgan fingerprint density at radius 2 is 1.97 bits per heavy atom. The molecule has 0 unspecified atom stereocenters. The summed E-state index contributed by atoms with van der Waals surface area (Å²) >= 11 is 9.65. The first kappa shape index (κ1) is 21.6. The molecule has 0 aromatic heterocycles. The second kappa shape index (κ2) is 10.1. The molecule has 0 aliphatic carbocycles. The van der Waals surface area contributed by atoms with Crippen molar-refractivity contribution in [2.75, 3.05) is 11.9 Å². The van der Waals surface area contributed by atoms with Crippen LogP contribution in [0.15, 0.2) is 71.2 Å². The van der Waals surface area contributed by atoms with E-state index in [4.69, 9.17) is 16.3 Å². The standard InChI is InChI=1S/C23H15BrClFN2O2/c24-18-5-3-4-16(12-18)17(13-27)10-15-8-9-22(19(25)11-15)30-14-23(29)28-21-7-2-1-6-20(21)26/h1-12H,14H2,(H,28,29)/b17-10-. The fraction of sp³-hybridized carbons (Fsp3) is 0.0435. The minimum Gasteiger partial charge on any atom is -0.482 e. The van der Waals surface area contributed by atoms with Gasteiger partial charge in [0.1, 0.15) is 11.6 Å². The molecule has 1 N–H and O–H groups in total. The van der Waals surface area contributed by atoms with Crippen LogP contribution < -0.4 is 10.1 Å². The number of hydrogen-bond donors (Lipinski definition) is 1. The van der Waals surface area contributed by atoms with Gasteiger partial charge in [0.25, 0.3) is 5.91 Å². The number of benzene rings is 3. The molecule has 4 nitrogen and oxygen atoms in total. The van der Waals surface area contributed by atoms with Crippen molar-refractivity contribution in [3.8, 4) is 11.8 Å². The molecule has 0 fully saturated rings. The molecule has 3 aromatic carbocycles. The highest BCUT2D eigenvalue weighted by molar-refractivity contribution is 9.10. The van der Waals surface area contributed by atoms with Gasteiger partial charge in [-0.2, -0.15) is 5.26 Å². The van der Waals surface area contributed by atoms with Crippen LogP contribution in [0.5, 0.6) is 5.75 Å². The molecule has 3 aromatic rings. The quantitative estimate of drug-likeness (QED) is 0.328. The minimum absolute atomic E-state index is 0.0780. The Hall–Kier alpha value is -3.14. The van der Waals surface area contributed by atoms with Crippen LogP contribution >= 0.6 is 27.5 Å². The minimum atomic E-state index is -0.529. The molecule has 0 saturated heterocycles. The molecule has 0 saturated carbocycles. The number of ether oxygens (including phenoxy) is 1. The average molecular weight is 486 g/mol. The van der Waals surface area contributed by atoms with Gasteiger partial charge in [0.05, 0.1) is 22.4 Å². The van der Waals surface area contributed by atoms with Gasteiger partial charge in [-0.05, 0) is 53.6 Å². The van der Waals surface area contributed by atoms with Crippen LogP contribution in [0.4, 0.5) is 10.1 Å². The first-order valence-corrected chi connectivity index (χ1v) is 9.98. The van der Waals surface area contributed by atoms with Crippen molar-refractivity contribution in [1.29, 1.82) is 5.26 Å². The number of allylic oxidation sites excluding steroid dienone is 1. The van der Waals surface area contributed by atoms with Crippen molar-refractivity contribution in [1.82, 2.24) is 0 Å². The van der Waals surface area contributed by atoms with Gasteiger partial charge >= 0.3 is 0 Å². The van der Waals surface area contributed by atoms with Crippen LogP contribution in [0, 0.1) is 17.1 Å². The number of halogens is 3. The number of para-hydroxylation sites is 1. The highest BCUT2D eigenvalue weighted by Gasteiger charge is 2.10. The normalized spacial score (nSPS) is 10.9. The number of carbonyl (C=O) groups excluding carboxylic acids is 1. The van der Waals surface area contributed by atoms with E-state index in [0.29, 0.717) is 16.9 Å². The molecular weight excluding hydrogens is 471 g/mol. The lowest BCUT2D eigenvalue weighted by Gasteiger charge is -2.10. The summed E-state index contributed by atoms with van der Waals surface area (Å²) in [7, 11) is 0. The topological polar surface area (TPSA) is 62.1 Å². The first-order chi connectivity index (χ1) is 14.5. The van der Waals surface area contributed by atoms with E-state index >= 15 is 0 Å². The Morgan fingerprint density at radius 1 is 1.17 bits per heavy atom. The van der Waals surface area contributed by atoms with Crippen molar-refractivity contribution in [2.45, 2.75) is 0 Å². The van der Waals surface area contributed by atoms with Crippen molar-refractivity contribution < 1.29 is 13.9 Å². The molecule has 0 radical (unpaired) electrons. The summed E-state index contributed by atoms with van der Waals surface area (Å²) in [5, 5.41) is 12.2. The van der Waals surface area contributed by atoms with Crippen LogP contribution in [-0.2, 0) is 4.79 Å². The molecule has 0 spiro atoms. The molecule has 30 heavy (non-hydrogen) atoms. The molecule has 0 bridgehead atoms. The molecule has 0 atom stereocenters. The number of nitrogens with one attached hydrogen (secondary N) is 1. The molecule has 3 rings (SSSR count). The lowest BCUT2D eigenvalue weighted by Crippen LogP contribution is -2.20. The molecule has 7 heteroatoms. The van der Waals surface area contributed by atoms with Crippen molar-refractivity contribution in [3.63, 3.8) is 0 Å². The van der Waals surface area contributed by atoms with Crippen molar-refractivity contribution in [2.24, 2.45) is 0 Å². The van der Waals surface area contributed by atoms with E-state index in [0.717, 1.165) is 10.0 Å². The zero-order valence-electron chi connectivity index (χ0n) is 15.5. The van der Waals surface area contributed by atoms with Gasteiger partial charge in [-0.3, -0.25) is 4.79 Å². The summed E-state index contributed by atoms with van der Waals surface area (Å²) in [6.07, 6.45) is 1.71. The summed E-state index contributed by atoms with van der Waals surface area (Å²) in [5.41, 5.74) is 2.03. The lowest BCUT2D eigenvalue weighted by atomic mass is 10.0. The Bertz CT molecular complexity index is 1160. The molecular formula is C23H15BrClFN2O2. The van der Waals surface area contributed by atoms with Gasteiger partial charge in [0.2, 0.25) is 0 Å². The molecule has 1 amide bonds. The van der Waals surface area contributed by atoms with Crippen LogP contribution in [0.3, 0.4) is 0 Å². The van der Waals surface area contributed by atoms with Gasteiger partial charge in [-0.15, -0.1) is 0 Å². The predicted octanol–water partition coefficient (Wildman–Crippen LogP) is 6.32. The zero-order chi connectivity index (χ0) is 21.5. The summed E-state index contributed by atoms with van der Waals surface area (Å²) in [6, 6.07) is 20.4. The van der Waals surface area contributed by atoms with E-state index in [2.05, 4.69) is 27.3 Å². The molecule has 150 valence electrons. The van der Waals surface area contributed by atoms with E-state index in [1.807, 2.05) is 24.3 Å². The maximum absolute atomic E-state index is 13.6. The second-order valence-corrected chi connectivity index (χ2v) is 7.51. The summed E-state index contributed by atoms with van der Waals surface area (Å²) < 4.78 is 19.9. The number of hydrogen-bond acceptors (Lipinski definition) is 3. The van der Waals surface area contributed by atoms with Crippen molar-refractivity contribution >= 4 is 50.8 Å². The summed E-state index contributed by atoms with van der Waals surface area (Å²) in [4.78, 5) is 12.0. The molecule has 0 aliphatic rings. The van der Waals surface area contributed by atoms with Gasteiger partial charge in [0.15, 0.2) is 6.61 Å². The highest BCUT2D eigenvalue weighted by Crippen LogP contribution is 2.28. The maximum Gasteiger partial charge on any atom is 0.262 e. The van der Waals surface area contributed by atoms with E-state index in [-0.39, 0.29) is 17.3 Å². The fourth-order valence-electron chi connectivity index (χ4n) is 2.62. The first-order valence-electron chi connectivity index (χ1n) is 8.81. The number of carbonyl (C=O) groups is 1. The largest absolute Gasteiger partial charge is 0.482 e. The number of rotatable bonds is 6. The third kappa shape index (κ3) is 5.69. The van der Waals surface area contributed by atoms with Crippen LogP contribution in [0.2, 0.25) is 5.02 Å². The number of amides is 1. The lowest BCUT2D eigenvalue weighted by molar-refractivity contribution is -0.118. The van der Waals surface area contributed by atoms with E-state index in [9.17, 15) is 14.4 Å². The van der Waals surface area contributed by atoms with E-state index in [1.165, 1.54) is 18.2 Å². The Balaban J connectivity index is 1.68. The fourth-order valence-corrected chi connectivity index (χ4v) is 3.26. The third-order valence-corrected chi connectivity index (χ3v) is 4.82. The average Bonchev–Trinajstić information content (AvgIpc) is 2.73. The monoisotopic (exact) mass is 484 g/mol. The van der Waals surface area contributed by atoms with Gasteiger partial charge in [-0.1, -0.05) is 57.9 Å². The van der Waals surface area contributed by atoms with Gasteiger partial charge in [0, 0.05) is 4.47 Å². The van der Waals surface area contributed by atoms with E-state index < -0.39 is 11.7 Å². The Labute approximate surface area is 186 Å². The smallest absolute Gasteiger partial charge is 0.262 e. The zero-order valence-corrected chi connectivity index (χ0v) is 17.9. The predicted molar refractivity (Wildman–Crippen MR) is 120 cm³/mol. The Morgan fingerprint density at radius 3 is 2.67 bits per heavy atom. The van der Waals surface area contributed by atoms with Crippen LogP contribution in [-0.4, -0.2) is 12.5 Å².